The van der Waals surface area contributed by atoms with Crippen LogP contribution in [0.1, 0.15) is 13.3 Å². The van der Waals surface area contributed by atoms with Gasteiger partial charge in [0, 0.05) is 30.2 Å². The number of halogens is 2. The van der Waals surface area contributed by atoms with E-state index in [-0.39, 0.29) is 18.2 Å². The largest absolute Gasteiger partial charge is 0.413 e. The zero-order valence-electron chi connectivity index (χ0n) is 18.4. The predicted molar refractivity (Wildman–Crippen MR) is 123 cm³/mol. The summed E-state index contributed by atoms with van der Waals surface area (Å²) in [5.74, 6) is -0.213. The van der Waals surface area contributed by atoms with Crippen molar-refractivity contribution in [2.45, 2.75) is 25.6 Å². The van der Waals surface area contributed by atoms with Gasteiger partial charge < -0.3 is 19.9 Å². The maximum absolute atomic E-state index is 13.4. The molecule has 0 aliphatic carbocycles. The second-order valence-electron chi connectivity index (χ2n) is 8.16. The van der Waals surface area contributed by atoms with E-state index in [9.17, 15) is 14.0 Å². The lowest BCUT2D eigenvalue weighted by atomic mass is 10.2. The third kappa shape index (κ3) is 4.03. The molecule has 0 spiro atoms. The van der Waals surface area contributed by atoms with E-state index < -0.39 is 18.3 Å². The van der Waals surface area contributed by atoms with Crippen LogP contribution >= 0.6 is 11.6 Å². The normalized spacial score (nSPS) is 16.8. The van der Waals surface area contributed by atoms with Gasteiger partial charge in [-0.1, -0.05) is 11.6 Å². The summed E-state index contributed by atoms with van der Waals surface area (Å²) < 4.78 is 20.5. The topological polar surface area (TPSA) is 118 Å². The highest BCUT2D eigenvalue weighted by Crippen LogP contribution is 2.30. The van der Waals surface area contributed by atoms with E-state index in [0.717, 1.165) is 10.9 Å². The molecule has 2 amide bonds. The summed E-state index contributed by atoms with van der Waals surface area (Å²) in [6.45, 7) is 1.89. The molecule has 2 N–H and O–H groups in total. The molecular formula is C22H21ClFN7O3. The molecule has 1 fully saturated rings. The Morgan fingerprint density at radius 2 is 2.21 bits per heavy atom. The molecule has 2 atom stereocenters. The highest BCUT2D eigenvalue weighted by atomic mass is 35.5. The van der Waals surface area contributed by atoms with E-state index in [1.165, 1.54) is 18.0 Å². The molecule has 10 nitrogen and oxygen atoms in total. The van der Waals surface area contributed by atoms with Crippen LogP contribution < -0.4 is 10.1 Å². The fraction of sp³-hybridized carbons (Fsp3) is 0.318. The number of amides is 2. The Morgan fingerprint density at radius 3 is 2.97 bits per heavy atom. The first-order valence-electron chi connectivity index (χ1n) is 10.7. The van der Waals surface area contributed by atoms with E-state index in [1.54, 1.807) is 16.9 Å². The van der Waals surface area contributed by atoms with Crippen molar-refractivity contribution < 1.29 is 18.7 Å². The van der Waals surface area contributed by atoms with Gasteiger partial charge in [-0.15, -0.1) is 0 Å². The average molecular weight is 486 g/mol. The number of carbonyl (C=O) groups is 2. The number of nitrogens with one attached hydrogen (secondary N) is 2. The van der Waals surface area contributed by atoms with E-state index in [0.29, 0.717) is 40.5 Å². The van der Waals surface area contributed by atoms with Crippen LogP contribution in [0.15, 0.2) is 30.6 Å². The third-order valence-electron chi connectivity index (χ3n) is 5.75. The van der Waals surface area contributed by atoms with Crippen LogP contribution in [0.5, 0.6) is 5.75 Å². The summed E-state index contributed by atoms with van der Waals surface area (Å²) in [5, 5.41) is 8.47. The van der Waals surface area contributed by atoms with Crippen molar-refractivity contribution in [1.29, 1.82) is 0 Å². The van der Waals surface area contributed by atoms with Gasteiger partial charge in [-0.25, -0.2) is 19.2 Å². The number of hydrogen-bond donors (Lipinski definition) is 2. The third-order valence-corrected chi connectivity index (χ3v) is 5.99. The zero-order chi connectivity index (χ0) is 24.0. The van der Waals surface area contributed by atoms with Crippen molar-refractivity contribution in [1.82, 2.24) is 34.9 Å². The smallest absolute Gasteiger partial charge is 0.406 e. The summed E-state index contributed by atoms with van der Waals surface area (Å²) in [6, 6.07) is 4.58. The number of aryl methyl sites for hydroxylation is 1. The molecular weight excluding hydrogens is 465 g/mol. The van der Waals surface area contributed by atoms with Gasteiger partial charge in [0.2, 0.25) is 5.91 Å². The molecule has 0 saturated carbocycles. The Kier molecular flexibility index (Phi) is 5.56. The van der Waals surface area contributed by atoms with Crippen LogP contribution in [-0.2, 0) is 11.8 Å². The number of benzene rings is 1. The zero-order valence-corrected chi connectivity index (χ0v) is 19.1. The predicted octanol–water partition coefficient (Wildman–Crippen LogP) is 3.21. The van der Waals surface area contributed by atoms with Gasteiger partial charge >= 0.3 is 6.09 Å². The number of hydrogen-bond acceptors (Lipinski definition) is 6. The van der Waals surface area contributed by atoms with E-state index in [4.69, 9.17) is 16.3 Å². The lowest BCUT2D eigenvalue weighted by Crippen LogP contribution is -2.47. The maximum atomic E-state index is 13.4. The van der Waals surface area contributed by atoms with Gasteiger partial charge in [-0.3, -0.25) is 9.48 Å². The minimum atomic E-state index is -1.03. The molecule has 0 unspecified atom stereocenters. The lowest BCUT2D eigenvalue weighted by Gasteiger charge is -2.20. The summed E-state index contributed by atoms with van der Waals surface area (Å²) >= 11 is 6.11. The van der Waals surface area contributed by atoms with Gasteiger partial charge in [0.05, 0.1) is 18.3 Å². The van der Waals surface area contributed by atoms with Crippen LogP contribution in [0, 0.1) is 0 Å². The Hall–Kier alpha value is -3.73. The number of likely N-dealkylation sites (tertiary alicyclic amines) is 1. The monoisotopic (exact) mass is 485 g/mol. The summed E-state index contributed by atoms with van der Waals surface area (Å²) in [4.78, 5) is 38.1. The van der Waals surface area contributed by atoms with Crippen molar-refractivity contribution >= 4 is 45.7 Å². The second kappa shape index (κ2) is 8.56. The highest BCUT2D eigenvalue weighted by molar-refractivity contribution is 6.31. The summed E-state index contributed by atoms with van der Waals surface area (Å²) in [6.07, 6.45) is 1.48. The molecule has 5 rings (SSSR count). The van der Waals surface area contributed by atoms with Crippen molar-refractivity contribution in [3.05, 3.63) is 35.6 Å². The van der Waals surface area contributed by atoms with Crippen LogP contribution in [-0.4, -0.2) is 66.9 Å². The Morgan fingerprint density at radius 1 is 1.38 bits per heavy atom. The van der Waals surface area contributed by atoms with Crippen LogP contribution in [0.3, 0.4) is 0 Å². The number of ether oxygens (including phenoxy) is 1. The molecule has 176 valence electrons. The first-order chi connectivity index (χ1) is 16.3. The molecule has 0 bridgehead atoms. The summed E-state index contributed by atoms with van der Waals surface area (Å²) in [5.41, 5.74) is 2.69. The number of rotatable bonds is 4. The molecule has 34 heavy (non-hydrogen) atoms. The molecule has 1 aliphatic rings. The molecule has 1 aliphatic heterocycles. The van der Waals surface area contributed by atoms with Gasteiger partial charge in [0.1, 0.15) is 23.6 Å². The Labute approximate surface area is 198 Å². The molecule has 1 aromatic carbocycles. The maximum Gasteiger partial charge on any atom is 0.413 e. The number of aromatic amines is 1. The van der Waals surface area contributed by atoms with Crippen molar-refractivity contribution in [2.75, 3.05) is 13.1 Å². The van der Waals surface area contributed by atoms with Crippen LogP contribution in [0.2, 0.25) is 5.02 Å². The molecule has 4 aromatic rings. The molecule has 12 heteroatoms. The van der Waals surface area contributed by atoms with Crippen molar-refractivity contribution in [2.24, 2.45) is 7.05 Å². The van der Waals surface area contributed by atoms with Crippen LogP contribution in [0.4, 0.5) is 9.18 Å². The Balaban J connectivity index is 1.37. The number of nitrogens with zero attached hydrogens (tertiary/aromatic N) is 5. The first-order valence-corrected chi connectivity index (χ1v) is 11.1. The number of carbonyl (C=O) groups excluding carboxylic acids is 2. The average Bonchev–Trinajstić information content (AvgIpc) is 3.50. The quantitative estimate of drug-likeness (QED) is 0.458. The second-order valence-corrected chi connectivity index (χ2v) is 8.60. The minimum Gasteiger partial charge on any atom is -0.406 e. The van der Waals surface area contributed by atoms with Gasteiger partial charge in [0.25, 0.3) is 0 Å². The van der Waals surface area contributed by atoms with Gasteiger partial charge in [-0.05, 0) is 31.5 Å². The fourth-order valence-corrected chi connectivity index (χ4v) is 4.21. The molecule has 0 radical (unpaired) electrons. The number of aromatic nitrogens is 5. The summed E-state index contributed by atoms with van der Waals surface area (Å²) in [7, 11) is 1.81. The fourth-order valence-electron chi connectivity index (χ4n) is 4.04. The lowest BCUT2D eigenvalue weighted by molar-refractivity contribution is -0.132. The van der Waals surface area contributed by atoms with Crippen molar-refractivity contribution in [3.63, 3.8) is 0 Å². The highest BCUT2D eigenvalue weighted by Gasteiger charge is 2.30. The first kappa shape index (κ1) is 22.1. The number of fused-ring (bicyclic) bond motifs is 2. The van der Waals surface area contributed by atoms with Crippen LogP contribution in [0.25, 0.3) is 33.5 Å². The standard InChI is InChI=1S/C22H21ClFN7O3/c1-11(21(32)31-6-5-13(24)10-31)27-22(33)34-17-9-26-20-19(17)28-15(8-25-20)18-14-4-3-12(23)7-16(14)30(2)29-18/h3-4,7-9,11,13H,5-6,10H2,1-2H3,(H,25,26)(H,27,33)/t11-,13+/m1/s1. The number of H-pyrrole nitrogens is 1. The van der Waals surface area contributed by atoms with E-state index in [1.807, 2.05) is 19.2 Å². The van der Waals surface area contributed by atoms with E-state index in [2.05, 4.69) is 25.4 Å². The number of alkyl halides is 1. The van der Waals surface area contributed by atoms with Gasteiger partial charge in [-0.2, -0.15) is 5.10 Å². The van der Waals surface area contributed by atoms with Crippen molar-refractivity contribution in [3.8, 4) is 17.1 Å². The molecule has 1 saturated heterocycles. The SMILES string of the molecule is C[C@@H](NC(=O)Oc1c[nH]c2ncc(-c3nn(C)c4cc(Cl)ccc34)nc12)C(=O)N1CC[C@H](F)C1. The van der Waals surface area contributed by atoms with E-state index >= 15 is 0 Å². The Bertz CT molecular complexity index is 1420. The molecule has 3 aromatic heterocycles. The molecule has 4 heterocycles. The van der Waals surface area contributed by atoms with Gasteiger partial charge in [0.15, 0.2) is 16.9 Å². The minimum absolute atomic E-state index is 0.0368.